The van der Waals surface area contributed by atoms with Crippen LogP contribution in [-0.2, 0) is 21.2 Å². The van der Waals surface area contributed by atoms with Crippen molar-refractivity contribution in [1.82, 2.24) is 10.2 Å². The maximum absolute atomic E-state index is 12.9. The summed E-state index contributed by atoms with van der Waals surface area (Å²) in [5.74, 6) is -0.313. The van der Waals surface area contributed by atoms with Crippen LogP contribution in [0.25, 0.3) is 0 Å². The molecule has 6 nitrogen and oxygen atoms in total. The Kier molecular flexibility index (Phi) is 5.46. The van der Waals surface area contributed by atoms with Crippen LogP contribution in [0.5, 0.6) is 0 Å². The highest BCUT2D eigenvalue weighted by Crippen LogP contribution is 2.32. The molecule has 0 aromatic heterocycles. The molecule has 26 heavy (non-hydrogen) atoms. The fraction of sp³-hybridized carbons (Fsp3) is 0.474. The molecule has 1 aromatic carbocycles. The van der Waals surface area contributed by atoms with E-state index in [0.717, 1.165) is 24.8 Å². The van der Waals surface area contributed by atoms with E-state index < -0.39 is 15.1 Å². The van der Waals surface area contributed by atoms with Crippen LogP contribution in [0.15, 0.2) is 36.9 Å². The summed E-state index contributed by atoms with van der Waals surface area (Å²) in [5, 5.41) is 2.27. The molecular weight excluding hydrogens is 352 g/mol. The van der Waals surface area contributed by atoms with E-state index in [-0.39, 0.29) is 30.2 Å². The minimum absolute atomic E-state index is 0.0472. The summed E-state index contributed by atoms with van der Waals surface area (Å²) in [6.07, 6.45) is 4.48. The van der Waals surface area contributed by atoms with Crippen LogP contribution in [0, 0.1) is 0 Å². The zero-order valence-corrected chi connectivity index (χ0v) is 15.5. The Hall–Kier alpha value is -2.15. The number of amides is 2. The maximum atomic E-state index is 12.9. The van der Waals surface area contributed by atoms with Crippen LogP contribution in [0.3, 0.4) is 0 Å². The van der Waals surface area contributed by atoms with Gasteiger partial charge in [-0.05, 0) is 36.6 Å². The molecule has 2 aliphatic rings. The molecule has 1 N–H and O–H groups in total. The monoisotopic (exact) mass is 376 g/mol. The first-order chi connectivity index (χ1) is 12.4. The number of rotatable bonds is 4. The zero-order valence-electron chi connectivity index (χ0n) is 14.7. The van der Waals surface area contributed by atoms with Crippen molar-refractivity contribution in [2.24, 2.45) is 0 Å². The molecule has 2 atom stereocenters. The lowest BCUT2D eigenvalue weighted by molar-refractivity contribution is -0.116. The zero-order chi connectivity index (χ0) is 18.7. The first kappa shape index (κ1) is 18.6. The largest absolute Gasteiger partial charge is 0.348 e. The number of hydrogen-bond acceptors (Lipinski definition) is 4. The van der Waals surface area contributed by atoms with Crippen molar-refractivity contribution in [2.75, 3.05) is 12.3 Å². The Morgan fingerprint density at radius 2 is 1.88 bits per heavy atom. The second-order valence-corrected chi connectivity index (χ2v) is 9.21. The standard InChI is InChI=1S/C19H24N2O4S/c1-2-18(22)20-13-14-7-9-15(10-8-14)19(23)21-11-12-26(24,25)17-6-4-3-5-16(17)21/h2,7-10,16-17H,1,3-6,11-13H2,(H,20,22). The third-order valence-electron chi connectivity index (χ3n) is 5.26. The molecule has 0 bridgehead atoms. The van der Waals surface area contributed by atoms with Gasteiger partial charge in [-0.25, -0.2) is 8.42 Å². The Labute approximate surface area is 154 Å². The van der Waals surface area contributed by atoms with Crippen molar-refractivity contribution >= 4 is 21.7 Å². The molecule has 1 saturated heterocycles. The van der Waals surface area contributed by atoms with Crippen LogP contribution in [0.2, 0.25) is 0 Å². The van der Waals surface area contributed by atoms with Gasteiger partial charge >= 0.3 is 0 Å². The smallest absolute Gasteiger partial charge is 0.254 e. The third-order valence-corrected chi connectivity index (χ3v) is 7.48. The average molecular weight is 376 g/mol. The van der Waals surface area contributed by atoms with Crippen LogP contribution in [0.4, 0.5) is 0 Å². The number of nitrogens with one attached hydrogen (secondary N) is 1. The van der Waals surface area contributed by atoms with Crippen molar-refractivity contribution in [3.8, 4) is 0 Å². The van der Waals surface area contributed by atoms with Crippen LogP contribution >= 0.6 is 0 Å². The van der Waals surface area contributed by atoms with Crippen molar-refractivity contribution in [1.29, 1.82) is 0 Å². The third kappa shape index (κ3) is 3.82. The SMILES string of the molecule is C=CC(=O)NCc1ccc(C(=O)N2CCS(=O)(=O)C3CCCCC32)cc1. The molecule has 1 saturated carbocycles. The van der Waals surface area contributed by atoms with Gasteiger partial charge in [0, 0.05) is 24.7 Å². The van der Waals surface area contributed by atoms with E-state index in [2.05, 4.69) is 11.9 Å². The van der Waals surface area contributed by atoms with Gasteiger partial charge < -0.3 is 10.2 Å². The number of sulfone groups is 1. The first-order valence-corrected chi connectivity index (χ1v) is 10.7. The summed E-state index contributed by atoms with van der Waals surface area (Å²) in [4.78, 5) is 25.9. The average Bonchev–Trinajstić information content (AvgIpc) is 2.66. The first-order valence-electron chi connectivity index (χ1n) is 8.94. The van der Waals surface area contributed by atoms with E-state index in [1.54, 1.807) is 29.2 Å². The van der Waals surface area contributed by atoms with E-state index in [1.165, 1.54) is 6.08 Å². The molecule has 140 valence electrons. The Morgan fingerprint density at radius 3 is 2.58 bits per heavy atom. The normalized spacial score (nSPS) is 24.4. The fourth-order valence-corrected chi connectivity index (χ4v) is 5.88. The van der Waals surface area contributed by atoms with Gasteiger partial charge in [-0.3, -0.25) is 9.59 Å². The van der Waals surface area contributed by atoms with Gasteiger partial charge in [0.15, 0.2) is 9.84 Å². The second-order valence-electron chi connectivity index (χ2n) is 6.87. The summed E-state index contributed by atoms with van der Waals surface area (Å²) in [5.41, 5.74) is 1.43. The Balaban J connectivity index is 1.72. The lowest BCUT2D eigenvalue weighted by atomic mass is 9.92. The lowest BCUT2D eigenvalue weighted by Gasteiger charge is -2.43. The Morgan fingerprint density at radius 1 is 1.19 bits per heavy atom. The summed E-state index contributed by atoms with van der Waals surface area (Å²) in [7, 11) is -3.10. The molecule has 0 spiro atoms. The highest BCUT2D eigenvalue weighted by molar-refractivity contribution is 7.92. The molecule has 1 heterocycles. The van der Waals surface area contributed by atoms with Crippen LogP contribution in [-0.4, -0.2) is 48.7 Å². The maximum Gasteiger partial charge on any atom is 0.254 e. The fourth-order valence-electron chi connectivity index (χ4n) is 3.84. The minimum Gasteiger partial charge on any atom is -0.348 e. The predicted molar refractivity (Wildman–Crippen MR) is 99.4 cm³/mol. The molecule has 7 heteroatoms. The van der Waals surface area contributed by atoms with Gasteiger partial charge in [0.25, 0.3) is 5.91 Å². The van der Waals surface area contributed by atoms with E-state index in [1.807, 2.05) is 0 Å². The van der Waals surface area contributed by atoms with E-state index in [9.17, 15) is 18.0 Å². The van der Waals surface area contributed by atoms with Crippen LogP contribution in [0.1, 0.15) is 41.6 Å². The van der Waals surface area contributed by atoms with Gasteiger partial charge in [0.2, 0.25) is 5.91 Å². The molecule has 2 amide bonds. The molecule has 2 fully saturated rings. The van der Waals surface area contributed by atoms with Crippen molar-refractivity contribution in [3.05, 3.63) is 48.0 Å². The highest BCUT2D eigenvalue weighted by Gasteiger charge is 2.44. The van der Waals surface area contributed by atoms with Gasteiger partial charge in [-0.15, -0.1) is 0 Å². The molecule has 1 aliphatic carbocycles. The quantitative estimate of drug-likeness (QED) is 0.811. The number of hydrogen-bond donors (Lipinski definition) is 1. The Bertz CT molecular complexity index is 801. The van der Waals surface area contributed by atoms with Crippen molar-refractivity contribution in [2.45, 2.75) is 43.5 Å². The van der Waals surface area contributed by atoms with Gasteiger partial charge in [0.05, 0.1) is 11.0 Å². The molecule has 1 aliphatic heterocycles. The number of benzene rings is 1. The molecule has 1 aromatic rings. The summed E-state index contributed by atoms with van der Waals surface area (Å²) in [6.45, 7) is 4.03. The highest BCUT2D eigenvalue weighted by atomic mass is 32.2. The number of carbonyl (C=O) groups is 2. The number of carbonyl (C=O) groups excluding carboxylic acids is 2. The number of fused-ring (bicyclic) bond motifs is 1. The van der Waals surface area contributed by atoms with Gasteiger partial charge in [-0.2, -0.15) is 0 Å². The van der Waals surface area contributed by atoms with Crippen molar-refractivity contribution in [3.63, 3.8) is 0 Å². The number of nitrogens with zero attached hydrogens (tertiary/aromatic N) is 1. The van der Waals surface area contributed by atoms with Crippen molar-refractivity contribution < 1.29 is 18.0 Å². The molecule has 0 radical (unpaired) electrons. The summed E-state index contributed by atoms with van der Waals surface area (Å²) in [6, 6.07) is 6.87. The van der Waals surface area contributed by atoms with E-state index in [4.69, 9.17) is 0 Å². The van der Waals surface area contributed by atoms with Gasteiger partial charge in [-0.1, -0.05) is 31.6 Å². The molecular formula is C19H24N2O4S. The topological polar surface area (TPSA) is 83.6 Å². The molecule has 2 unspecified atom stereocenters. The predicted octanol–water partition coefficient (Wildman–Crippen LogP) is 1.67. The van der Waals surface area contributed by atoms with E-state index >= 15 is 0 Å². The molecule has 3 rings (SSSR count). The summed E-state index contributed by atoms with van der Waals surface area (Å²) < 4.78 is 24.7. The van der Waals surface area contributed by atoms with Gasteiger partial charge in [0.1, 0.15) is 0 Å². The summed E-state index contributed by atoms with van der Waals surface area (Å²) >= 11 is 0. The lowest BCUT2D eigenvalue weighted by Crippen LogP contribution is -2.57. The minimum atomic E-state index is -3.10. The van der Waals surface area contributed by atoms with E-state index in [0.29, 0.717) is 18.5 Å². The van der Waals surface area contributed by atoms with Crippen LogP contribution < -0.4 is 5.32 Å². The second kappa shape index (κ2) is 7.61.